The Morgan fingerprint density at radius 3 is 2.21 bits per heavy atom. The predicted octanol–water partition coefficient (Wildman–Crippen LogP) is 7.32. The molecule has 5 rings (SSSR count). The molecule has 0 saturated carbocycles. The van der Waals surface area contributed by atoms with Gasteiger partial charge < -0.3 is 14.0 Å². The third-order valence-electron chi connectivity index (χ3n) is 7.20. The molecule has 1 aliphatic heterocycles. The van der Waals surface area contributed by atoms with E-state index in [0.717, 1.165) is 48.3 Å². The zero-order chi connectivity index (χ0) is 27.4. The van der Waals surface area contributed by atoms with Crippen LogP contribution in [0.3, 0.4) is 0 Å². The van der Waals surface area contributed by atoms with Crippen molar-refractivity contribution in [2.45, 2.75) is 73.3 Å². The van der Waals surface area contributed by atoms with Crippen LogP contribution in [0.15, 0.2) is 77.6 Å². The number of aromatic nitrogens is 1. The van der Waals surface area contributed by atoms with Crippen LogP contribution in [0.2, 0.25) is 0 Å². The molecule has 0 amide bonds. The van der Waals surface area contributed by atoms with Gasteiger partial charge in [0.15, 0.2) is 0 Å². The van der Waals surface area contributed by atoms with Gasteiger partial charge >= 0.3 is 0 Å². The Bertz CT molecular complexity index is 1460. The predicted molar refractivity (Wildman–Crippen MR) is 158 cm³/mol. The first-order valence-corrected chi connectivity index (χ1v) is 14.1. The van der Waals surface area contributed by atoms with Crippen LogP contribution in [0.4, 0.5) is 0 Å². The lowest BCUT2D eigenvalue weighted by Gasteiger charge is -2.27. The first-order valence-electron chi connectivity index (χ1n) is 14.1. The normalized spacial score (nSPS) is 13.5. The van der Waals surface area contributed by atoms with Gasteiger partial charge in [-0.05, 0) is 46.7 Å². The molecule has 0 saturated heterocycles. The van der Waals surface area contributed by atoms with E-state index in [1.54, 1.807) is 0 Å². The Balaban J connectivity index is 1.57. The first-order chi connectivity index (χ1) is 18.8. The average Bonchev–Trinajstić information content (AvgIpc) is 3.34. The average molecular weight is 525 g/mol. The maximum atomic E-state index is 14.2. The molecule has 204 valence electrons. The second-order valence-electron chi connectivity index (χ2n) is 11.8. The van der Waals surface area contributed by atoms with Crippen molar-refractivity contribution in [2.75, 3.05) is 6.61 Å². The molecule has 4 aromatic rings. The standard InChI is InChI=1S/C34H40N2O3/c1-5-6-18-38-32-29-17-16-28(39-23-25-12-8-7-9-13-25)19-30(29)33(37)36(24-34(2,3)4)31(32)22-35-20-26-14-10-11-15-27(26)21-35/h7-17,19H,5-6,18,20-24H2,1-4H3. The number of hydrogen-bond donors (Lipinski definition) is 0. The molecular weight excluding hydrogens is 484 g/mol. The van der Waals surface area contributed by atoms with E-state index in [1.165, 1.54) is 11.1 Å². The summed E-state index contributed by atoms with van der Waals surface area (Å²) in [6.45, 7) is 12.8. The zero-order valence-electron chi connectivity index (χ0n) is 23.7. The molecule has 0 radical (unpaired) electrons. The summed E-state index contributed by atoms with van der Waals surface area (Å²) in [4.78, 5) is 16.6. The minimum absolute atomic E-state index is 0.0136. The third-order valence-corrected chi connectivity index (χ3v) is 7.20. The number of unbranched alkanes of at least 4 members (excludes halogenated alkanes) is 1. The molecule has 0 fully saturated rings. The number of nitrogens with zero attached hydrogens (tertiary/aromatic N) is 2. The molecule has 5 heteroatoms. The summed E-state index contributed by atoms with van der Waals surface area (Å²) >= 11 is 0. The Hall–Kier alpha value is -3.57. The van der Waals surface area contributed by atoms with Crippen molar-refractivity contribution in [3.8, 4) is 11.5 Å². The Morgan fingerprint density at radius 1 is 0.846 bits per heavy atom. The molecule has 0 bridgehead atoms. The highest BCUT2D eigenvalue weighted by Gasteiger charge is 2.26. The lowest BCUT2D eigenvalue weighted by molar-refractivity contribution is 0.241. The highest BCUT2D eigenvalue weighted by Crippen LogP contribution is 2.34. The Labute approximate surface area is 232 Å². The van der Waals surface area contributed by atoms with E-state index in [4.69, 9.17) is 9.47 Å². The highest BCUT2D eigenvalue weighted by molar-refractivity contribution is 5.89. The molecule has 0 atom stereocenters. The highest BCUT2D eigenvalue weighted by atomic mass is 16.5. The van der Waals surface area contributed by atoms with Crippen molar-refractivity contribution in [3.05, 3.63) is 106 Å². The van der Waals surface area contributed by atoms with Crippen LogP contribution < -0.4 is 15.0 Å². The molecule has 0 unspecified atom stereocenters. The van der Waals surface area contributed by atoms with Gasteiger partial charge in [0.05, 0.1) is 17.7 Å². The van der Waals surface area contributed by atoms with Crippen LogP contribution in [-0.4, -0.2) is 16.1 Å². The van der Waals surface area contributed by atoms with Crippen molar-refractivity contribution in [1.29, 1.82) is 0 Å². The molecule has 0 spiro atoms. The van der Waals surface area contributed by atoms with Gasteiger partial charge in [-0.1, -0.05) is 88.7 Å². The minimum Gasteiger partial charge on any atom is -0.491 e. The van der Waals surface area contributed by atoms with Crippen LogP contribution in [0.25, 0.3) is 10.8 Å². The maximum absolute atomic E-state index is 14.2. The molecule has 1 aromatic heterocycles. The summed E-state index contributed by atoms with van der Waals surface area (Å²) < 4.78 is 14.6. The second kappa shape index (κ2) is 11.7. The summed E-state index contributed by atoms with van der Waals surface area (Å²) in [6.07, 6.45) is 2.01. The zero-order valence-corrected chi connectivity index (χ0v) is 23.7. The number of benzene rings is 3. The second-order valence-corrected chi connectivity index (χ2v) is 11.8. The largest absolute Gasteiger partial charge is 0.491 e. The van der Waals surface area contributed by atoms with Gasteiger partial charge in [-0.25, -0.2) is 0 Å². The minimum atomic E-state index is -0.0810. The monoisotopic (exact) mass is 524 g/mol. The number of ether oxygens (including phenoxy) is 2. The van der Waals surface area contributed by atoms with Crippen molar-refractivity contribution in [2.24, 2.45) is 5.41 Å². The molecule has 2 heterocycles. The number of pyridine rings is 1. The van der Waals surface area contributed by atoms with E-state index in [0.29, 0.717) is 37.4 Å². The summed E-state index contributed by atoms with van der Waals surface area (Å²) in [6, 6.07) is 24.5. The van der Waals surface area contributed by atoms with Crippen molar-refractivity contribution in [3.63, 3.8) is 0 Å². The van der Waals surface area contributed by atoms with Crippen LogP contribution >= 0.6 is 0 Å². The van der Waals surface area contributed by atoms with Crippen molar-refractivity contribution in [1.82, 2.24) is 9.47 Å². The maximum Gasteiger partial charge on any atom is 0.259 e. The molecule has 1 aliphatic rings. The van der Waals surface area contributed by atoms with Crippen molar-refractivity contribution >= 4 is 10.8 Å². The summed E-state index contributed by atoms with van der Waals surface area (Å²) in [5.74, 6) is 1.51. The van der Waals surface area contributed by atoms with Crippen LogP contribution in [0, 0.1) is 5.41 Å². The van der Waals surface area contributed by atoms with Crippen LogP contribution in [0.1, 0.15) is 62.9 Å². The lowest BCUT2D eigenvalue weighted by Crippen LogP contribution is -2.32. The van der Waals surface area contributed by atoms with Crippen LogP contribution in [0.5, 0.6) is 11.5 Å². The van der Waals surface area contributed by atoms with Gasteiger partial charge in [-0.2, -0.15) is 0 Å². The van der Waals surface area contributed by atoms with Crippen LogP contribution in [-0.2, 0) is 32.8 Å². The Kier molecular flexibility index (Phi) is 8.08. The molecule has 39 heavy (non-hydrogen) atoms. The summed E-state index contributed by atoms with van der Waals surface area (Å²) in [5.41, 5.74) is 4.70. The third kappa shape index (κ3) is 6.36. The topological polar surface area (TPSA) is 43.7 Å². The quantitative estimate of drug-likeness (QED) is 0.204. The fourth-order valence-electron chi connectivity index (χ4n) is 5.28. The first kappa shape index (κ1) is 27.0. The molecule has 5 nitrogen and oxygen atoms in total. The fourth-order valence-corrected chi connectivity index (χ4v) is 5.28. The lowest BCUT2D eigenvalue weighted by atomic mass is 9.96. The van der Waals surface area contributed by atoms with E-state index < -0.39 is 0 Å². The van der Waals surface area contributed by atoms with E-state index in [1.807, 2.05) is 53.1 Å². The number of hydrogen-bond acceptors (Lipinski definition) is 4. The van der Waals surface area contributed by atoms with E-state index in [-0.39, 0.29) is 11.0 Å². The van der Waals surface area contributed by atoms with Gasteiger partial charge in [-0.3, -0.25) is 9.69 Å². The SMILES string of the molecule is CCCCOc1c(CN2Cc3ccccc3C2)n(CC(C)(C)C)c(=O)c2cc(OCc3ccccc3)ccc12. The molecule has 3 aromatic carbocycles. The molecular formula is C34H40N2O3. The summed E-state index contributed by atoms with van der Waals surface area (Å²) in [5, 5.41) is 1.50. The summed E-state index contributed by atoms with van der Waals surface area (Å²) in [7, 11) is 0. The molecule has 0 N–H and O–H groups in total. The van der Waals surface area contributed by atoms with Gasteiger partial charge in [0.2, 0.25) is 0 Å². The fraction of sp³-hybridized carbons (Fsp3) is 0.382. The van der Waals surface area contributed by atoms with E-state index >= 15 is 0 Å². The van der Waals surface area contributed by atoms with Gasteiger partial charge in [0.1, 0.15) is 18.1 Å². The van der Waals surface area contributed by atoms with Gasteiger partial charge in [0.25, 0.3) is 5.56 Å². The van der Waals surface area contributed by atoms with Gasteiger partial charge in [-0.15, -0.1) is 0 Å². The van der Waals surface area contributed by atoms with Gasteiger partial charge in [0, 0.05) is 31.6 Å². The van der Waals surface area contributed by atoms with E-state index in [2.05, 4.69) is 56.9 Å². The Morgan fingerprint density at radius 2 is 1.54 bits per heavy atom. The smallest absolute Gasteiger partial charge is 0.259 e. The molecule has 0 aliphatic carbocycles. The van der Waals surface area contributed by atoms with Crippen molar-refractivity contribution < 1.29 is 9.47 Å². The number of fused-ring (bicyclic) bond motifs is 2. The van der Waals surface area contributed by atoms with E-state index in [9.17, 15) is 4.79 Å². The number of rotatable bonds is 10.